The lowest BCUT2D eigenvalue weighted by atomic mass is 10.1. The van der Waals surface area contributed by atoms with Crippen molar-refractivity contribution >= 4 is 96.7 Å². The minimum absolute atomic E-state index is 0.0235. The van der Waals surface area contributed by atoms with Gasteiger partial charge in [-0.2, -0.15) is 30.9 Å². The van der Waals surface area contributed by atoms with E-state index in [2.05, 4.69) is 124 Å². The molecule has 0 unspecified atom stereocenters. The summed E-state index contributed by atoms with van der Waals surface area (Å²) in [4.78, 5) is 92.5. The molecule has 15 rings (SSSR count). The highest BCUT2D eigenvalue weighted by Crippen LogP contribution is 2.61. The molecule has 0 bridgehead atoms. The molecule has 44 heteroatoms. The highest BCUT2D eigenvalue weighted by atomic mass is 36.0. The number of hydrogen-bond donors (Lipinski definition) is 4. The number of anilines is 1. The lowest BCUT2D eigenvalue weighted by Crippen LogP contribution is -2.16. The fourth-order valence-electron chi connectivity index (χ4n) is 10.5. The van der Waals surface area contributed by atoms with Crippen LogP contribution in [-0.2, 0) is 54.0 Å². The summed E-state index contributed by atoms with van der Waals surface area (Å²) in [5.41, 5.74) is 18.3. The summed E-state index contributed by atoms with van der Waals surface area (Å²) < 4.78 is 91.0. The highest BCUT2D eigenvalue weighted by molar-refractivity contribution is 8.24. The molecule has 0 aliphatic heterocycles. The van der Waals surface area contributed by atoms with Gasteiger partial charge in [-0.05, 0) is 108 Å². The van der Waals surface area contributed by atoms with Gasteiger partial charge in [-0.1, -0.05) is 84.4 Å². The van der Waals surface area contributed by atoms with Gasteiger partial charge in [0.2, 0.25) is 5.76 Å². The van der Waals surface area contributed by atoms with Gasteiger partial charge in [0, 0.05) is 31.9 Å². The van der Waals surface area contributed by atoms with E-state index in [-0.39, 0.29) is 118 Å². The number of aromatic amines is 1. The summed E-state index contributed by atoms with van der Waals surface area (Å²) in [5.74, 6) is -1.86. The first-order valence-corrected chi connectivity index (χ1v) is 39.7. The van der Waals surface area contributed by atoms with Crippen molar-refractivity contribution in [3.63, 3.8) is 0 Å². The molecule has 11 aromatic heterocycles. The first-order chi connectivity index (χ1) is 57.3. The minimum atomic E-state index is -3.22. The topological polar surface area (TPSA) is 481 Å². The maximum Gasteiger partial charge on any atom is 0.376 e. The number of nitriles is 2. The number of nitrogens with two attached hydrogens (primary N) is 2. The first-order valence-electron chi connectivity index (χ1n) is 34.9. The van der Waals surface area contributed by atoms with Crippen molar-refractivity contribution in [1.29, 1.82) is 15.9 Å². The molecule has 0 saturated heterocycles. The number of hydrogen-bond acceptors (Lipinski definition) is 29. The molecule has 0 aliphatic rings. The van der Waals surface area contributed by atoms with Gasteiger partial charge >= 0.3 is 17.1 Å². The smallest absolute Gasteiger partial charge is 0.376 e. The molecule has 6 N–H and O–H groups in total. The molecule has 0 saturated carbocycles. The number of ether oxygens (including phenoxy) is 4. The van der Waals surface area contributed by atoms with Crippen LogP contribution in [0.25, 0.3) is 57.1 Å². The van der Waals surface area contributed by atoms with Crippen molar-refractivity contribution in [2.75, 3.05) is 32.2 Å². The van der Waals surface area contributed by atoms with Gasteiger partial charge in [-0.3, -0.25) is 14.8 Å². The number of fused-ring (bicyclic) bond motifs is 4. The SMILES string of the molecule is CCOC(=O)c1cnc(-c2cn3ncnc3c(Cc3ccccc3F)n2)nc1N.CCOC=C(OCC)C(=O)OCC.N#Cc1cnc(-c2cn3ncnc3c(Cc3ccccc3F)n2)[nH]c1=O.N#Cc1cnc(-c2cn3ncnc3c(Cc3ccccc3F)n2)nc1Cl.N=C(N)c1cn2ncnc2c(Cc2ccccc2F)n1.O=P(Cl)(Cl)Cl. The van der Waals surface area contributed by atoms with E-state index in [9.17, 15) is 36.5 Å². The van der Waals surface area contributed by atoms with Gasteiger partial charge in [0.1, 0.15) is 118 Å². The second kappa shape index (κ2) is 41.4. The zero-order chi connectivity index (χ0) is 85.3. The minimum Gasteiger partial charge on any atom is -0.497 e. The van der Waals surface area contributed by atoms with Gasteiger partial charge in [0.25, 0.3) is 5.56 Å². The number of nitrogens with one attached hydrogen (secondary N) is 2. The van der Waals surface area contributed by atoms with E-state index < -0.39 is 22.7 Å². The van der Waals surface area contributed by atoms with Crippen LogP contribution in [-0.4, -0.2) is 152 Å². The Balaban J connectivity index is 0.000000157. The standard InChI is InChI=1S/C19H16FN7O2.C17H9ClFN7.C17H10FN7O.C13H11FN6.C9H16O4.Cl3OP/c1-2-29-19(28)12-8-22-17(26-16(12)21)15-9-27-18(23-10-24-27)14(25-15)7-11-5-3-4-6-13(11)20;18-15-11(6-20)7-21-16(25-15)14-8-26-17(22-9-23-26)13(24-14)5-10-3-1-2-4-12(10)19;18-12-4-2-1-3-10(12)5-13-16-21-9-22-25(16)8-14(23-13)15-20-7-11(6-19)17(26)24-15;14-9-4-2-1-3-8(9)5-10-13-17-7-18-20(13)6-11(19-10)12(15)16;1-4-11-7-8(12-5-2)9(10)13-6-3;1-5(2,3)4/h3-6,8-10H,2,7H2,1H3,(H2,21,22,26);1-4,7-9H,5H2;1-4,7-9H,5H2,(H,20,24,26);1-4,6-7H,5H2,(H3,15,16);7H,4-6H2,1-3H3;. The Hall–Kier alpha value is -14.2. The molecule has 11 heterocycles. The molecular weight excluding hydrogens is 1660 g/mol. The number of amidine groups is 1. The predicted octanol–water partition coefficient (Wildman–Crippen LogP) is 11.8. The Kier molecular flexibility index (Phi) is 30.3. The number of nitrogens with zero attached hydrogens (tertiary/aromatic N) is 23. The second-order valence-electron chi connectivity index (χ2n) is 23.7. The van der Waals surface area contributed by atoms with E-state index in [1.165, 1.54) is 98.7 Å². The zero-order valence-corrected chi connectivity index (χ0v) is 66.4. The Morgan fingerprint density at radius 2 is 0.916 bits per heavy atom. The quantitative estimate of drug-likeness (QED) is 0.00804. The summed E-state index contributed by atoms with van der Waals surface area (Å²) >= 11 is 19.8. The monoisotopic (exact) mass is 1720 g/mol. The van der Waals surface area contributed by atoms with Crippen LogP contribution in [0, 0.1) is 51.3 Å². The third kappa shape index (κ3) is 23.5. The number of carbonyl (C=O) groups excluding carboxylic acids is 2. The van der Waals surface area contributed by atoms with E-state index in [1.807, 2.05) is 13.0 Å². The number of aromatic nitrogens is 22. The Morgan fingerprint density at radius 3 is 1.30 bits per heavy atom. The molecule has 0 fully saturated rings. The number of esters is 2. The van der Waals surface area contributed by atoms with Crippen molar-refractivity contribution in [1.82, 2.24) is 108 Å². The maximum atomic E-state index is 14.1. The van der Waals surface area contributed by atoms with Gasteiger partial charge in [-0.25, -0.2) is 110 Å². The third-order valence-corrected chi connectivity index (χ3v) is 16.1. The molecular formula is C75H62Cl4F4N27O8P. The average molecular weight is 1720 g/mol. The van der Waals surface area contributed by atoms with Crippen LogP contribution in [0.15, 0.2) is 183 Å². The van der Waals surface area contributed by atoms with Gasteiger partial charge in [-0.15, -0.1) is 0 Å². The van der Waals surface area contributed by atoms with E-state index in [0.717, 1.165) is 0 Å². The molecule has 4 aromatic carbocycles. The molecule has 0 amide bonds. The molecule has 15 aromatic rings. The first kappa shape index (κ1) is 87.2. The summed E-state index contributed by atoms with van der Waals surface area (Å²) in [5, 5.41) is 38.4. The van der Waals surface area contributed by atoms with E-state index in [1.54, 1.807) is 118 Å². The molecule has 35 nitrogen and oxygen atoms in total. The molecule has 606 valence electrons. The Bertz CT molecular complexity index is 6410. The number of nitrogen functional groups attached to an aromatic ring is 2. The number of halogens is 8. The maximum absolute atomic E-state index is 14.1. The van der Waals surface area contributed by atoms with Crippen molar-refractivity contribution in [2.24, 2.45) is 5.73 Å². The van der Waals surface area contributed by atoms with E-state index in [4.69, 9.17) is 57.9 Å². The second-order valence-corrected chi connectivity index (χ2v) is 30.7. The third-order valence-electron chi connectivity index (χ3n) is 15.8. The normalized spacial score (nSPS) is 10.9. The fourth-order valence-corrected chi connectivity index (χ4v) is 10.7. The summed E-state index contributed by atoms with van der Waals surface area (Å²) in [7, 11) is 0. The van der Waals surface area contributed by atoms with Crippen LogP contribution in [0.4, 0.5) is 23.4 Å². The van der Waals surface area contributed by atoms with Crippen LogP contribution in [0.3, 0.4) is 0 Å². The number of rotatable bonds is 20. The largest absolute Gasteiger partial charge is 0.497 e. The molecule has 0 spiro atoms. The van der Waals surface area contributed by atoms with Crippen molar-refractivity contribution in [3.8, 4) is 46.7 Å². The van der Waals surface area contributed by atoms with Gasteiger partial charge < -0.3 is 35.4 Å². The van der Waals surface area contributed by atoms with Crippen LogP contribution >= 0.6 is 50.5 Å². The van der Waals surface area contributed by atoms with Crippen LogP contribution < -0.4 is 17.0 Å². The van der Waals surface area contributed by atoms with Gasteiger partial charge in [0.15, 0.2) is 45.2 Å². The zero-order valence-electron chi connectivity index (χ0n) is 62.5. The highest BCUT2D eigenvalue weighted by Gasteiger charge is 2.22. The van der Waals surface area contributed by atoms with Crippen LogP contribution in [0.1, 0.15) is 99.9 Å². The Labute approximate surface area is 689 Å². The van der Waals surface area contributed by atoms with Crippen molar-refractivity contribution < 1.29 is 50.7 Å². The molecule has 0 radical (unpaired) electrons. The van der Waals surface area contributed by atoms with Crippen LogP contribution in [0.5, 0.6) is 0 Å². The van der Waals surface area contributed by atoms with Crippen molar-refractivity contribution in [3.05, 3.63) is 284 Å². The van der Waals surface area contributed by atoms with E-state index >= 15 is 0 Å². The van der Waals surface area contributed by atoms with Gasteiger partial charge in [0.05, 0.1) is 86.4 Å². The summed E-state index contributed by atoms with van der Waals surface area (Å²) in [6, 6.07) is 29.4. The number of carbonyl (C=O) groups is 2. The average Bonchev–Trinajstić information content (AvgIpc) is 1.78. The predicted molar refractivity (Wildman–Crippen MR) is 425 cm³/mol. The fraction of sp³-hybridized carbons (Fsp3) is 0.160. The lowest BCUT2D eigenvalue weighted by molar-refractivity contribution is -0.142. The van der Waals surface area contributed by atoms with Crippen molar-refractivity contribution in [2.45, 2.75) is 53.4 Å². The lowest BCUT2D eigenvalue weighted by Gasteiger charge is -2.09. The number of benzene rings is 4. The summed E-state index contributed by atoms with van der Waals surface area (Å²) in [6.07, 6.45) is 17.7. The molecule has 119 heavy (non-hydrogen) atoms. The Morgan fingerprint density at radius 1 is 0.529 bits per heavy atom. The van der Waals surface area contributed by atoms with E-state index in [0.29, 0.717) is 105 Å². The van der Waals surface area contributed by atoms with Crippen LogP contribution in [0.2, 0.25) is 5.15 Å². The molecule has 0 atom stereocenters. The summed E-state index contributed by atoms with van der Waals surface area (Å²) in [6.45, 7) is 8.50. The molecule has 0 aliphatic carbocycles. The number of H-pyrrole nitrogens is 1.